The zero-order chi connectivity index (χ0) is 25.7. The van der Waals surface area contributed by atoms with Crippen molar-refractivity contribution < 1.29 is 17.9 Å². The third-order valence-electron chi connectivity index (χ3n) is 5.96. The molecule has 0 spiro atoms. The predicted octanol–water partition coefficient (Wildman–Crippen LogP) is 5.30. The molecule has 0 unspecified atom stereocenters. The van der Waals surface area contributed by atoms with Crippen molar-refractivity contribution in [1.29, 1.82) is 0 Å². The molecule has 1 N–H and O–H groups in total. The number of halogens is 2. The summed E-state index contributed by atoms with van der Waals surface area (Å²) >= 11 is 9.63. The maximum atomic E-state index is 12.8. The van der Waals surface area contributed by atoms with Gasteiger partial charge in [-0.2, -0.15) is 0 Å². The van der Waals surface area contributed by atoms with Gasteiger partial charge in [0.1, 0.15) is 17.0 Å². The first-order valence-corrected chi connectivity index (χ1v) is 14.2. The summed E-state index contributed by atoms with van der Waals surface area (Å²) < 4.78 is 40.5. The van der Waals surface area contributed by atoms with Gasteiger partial charge in [-0.1, -0.05) is 35.4 Å². The number of nitrogens with one attached hydrogen (secondary N) is 1. The van der Waals surface area contributed by atoms with Gasteiger partial charge in [0, 0.05) is 0 Å². The molecule has 11 heteroatoms. The Kier molecular flexibility index (Phi) is 8.71. The molecule has 0 saturated carbocycles. The topological polar surface area (TPSA) is 93.7 Å². The molecule has 1 saturated heterocycles. The minimum Gasteiger partial charge on any atom is -0.492 e. The molecule has 0 amide bonds. The molecular weight excluding hydrogens is 568 g/mol. The average molecular weight is 596 g/mol. The number of likely N-dealkylation sites (tertiary alicyclic amines) is 1. The van der Waals surface area contributed by atoms with E-state index in [0.29, 0.717) is 27.9 Å². The van der Waals surface area contributed by atoms with Crippen LogP contribution in [0.5, 0.6) is 11.6 Å². The number of aryl methyl sites for hydroxylation is 1. The first-order chi connectivity index (χ1) is 17.2. The minimum atomic E-state index is -3.87. The number of sulfonamides is 1. The number of nitrogens with zero attached hydrogens (tertiary/aromatic N) is 3. The van der Waals surface area contributed by atoms with Gasteiger partial charge < -0.3 is 14.4 Å². The first-order valence-electron chi connectivity index (χ1n) is 11.5. The van der Waals surface area contributed by atoms with Gasteiger partial charge in [-0.15, -0.1) is 0 Å². The summed E-state index contributed by atoms with van der Waals surface area (Å²) in [7, 11) is -1.74. The molecule has 0 bridgehead atoms. The second-order valence-corrected chi connectivity index (χ2v) is 11.8. The molecule has 36 heavy (non-hydrogen) atoms. The Morgan fingerprint density at radius 2 is 1.86 bits per heavy atom. The fraction of sp³-hybridized carbons (Fsp3) is 0.360. The van der Waals surface area contributed by atoms with Gasteiger partial charge in [0.05, 0.1) is 22.7 Å². The summed E-state index contributed by atoms with van der Waals surface area (Å²) in [5.74, 6) is 1.13. The summed E-state index contributed by atoms with van der Waals surface area (Å²) in [5, 5.41) is 0.528. The van der Waals surface area contributed by atoms with Crippen LogP contribution >= 0.6 is 27.5 Å². The lowest BCUT2D eigenvalue weighted by Crippen LogP contribution is -2.32. The lowest BCUT2D eigenvalue weighted by Gasteiger charge is -2.28. The van der Waals surface area contributed by atoms with Gasteiger partial charge in [-0.3, -0.25) is 4.72 Å². The van der Waals surface area contributed by atoms with E-state index in [1.807, 2.05) is 19.1 Å². The number of ether oxygens (including phenoxy) is 2. The number of aromatic nitrogens is 2. The molecule has 1 aromatic heterocycles. The van der Waals surface area contributed by atoms with Crippen molar-refractivity contribution in [2.24, 2.45) is 5.92 Å². The average Bonchev–Trinajstić information content (AvgIpc) is 2.85. The molecule has 2 heterocycles. The van der Waals surface area contributed by atoms with Crippen LogP contribution in [-0.2, 0) is 16.6 Å². The molecule has 2 aromatic carbocycles. The highest BCUT2D eigenvalue weighted by Crippen LogP contribution is 2.29. The number of rotatable bonds is 9. The SMILES string of the molecule is Cc1ccc(S(=O)(=O)Nc2ncc(Br)nc2OCc2ccc(Cl)c(OCC3CCN(C)CC3)c2)cc1. The zero-order valence-electron chi connectivity index (χ0n) is 20.1. The van der Waals surface area contributed by atoms with E-state index < -0.39 is 10.0 Å². The number of anilines is 1. The fourth-order valence-electron chi connectivity index (χ4n) is 3.76. The summed E-state index contributed by atoms with van der Waals surface area (Å²) in [4.78, 5) is 10.9. The Labute approximate surface area is 225 Å². The van der Waals surface area contributed by atoms with Gasteiger partial charge in [-0.25, -0.2) is 18.4 Å². The van der Waals surface area contributed by atoms with E-state index >= 15 is 0 Å². The molecule has 0 radical (unpaired) electrons. The van der Waals surface area contributed by atoms with Crippen molar-refractivity contribution in [2.45, 2.75) is 31.3 Å². The minimum absolute atomic E-state index is 0.00789. The largest absolute Gasteiger partial charge is 0.492 e. The van der Waals surface area contributed by atoms with Crippen LogP contribution in [0.4, 0.5) is 5.82 Å². The molecular formula is C25H28BrClN4O4S. The molecule has 0 atom stereocenters. The van der Waals surface area contributed by atoms with E-state index in [9.17, 15) is 8.42 Å². The van der Waals surface area contributed by atoms with E-state index in [2.05, 4.69) is 42.6 Å². The molecule has 1 aliphatic heterocycles. The number of piperidine rings is 1. The predicted molar refractivity (Wildman–Crippen MR) is 143 cm³/mol. The first kappa shape index (κ1) is 26.7. The Balaban J connectivity index is 1.44. The number of hydrogen-bond acceptors (Lipinski definition) is 7. The summed E-state index contributed by atoms with van der Waals surface area (Å²) in [5.41, 5.74) is 1.76. The molecule has 8 nitrogen and oxygen atoms in total. The quantitative estimate of drug-likeness (QED) is 0.359. The van der Waals surface area contributed by atoms with Crippen LogP contribution in [-0.4, -0.2) is 50.0 Å². The van der Waals surface area contributed by atoms with Crippen LogP contribution in [0.25, 0.3) is 0 Å². The normalized spacial score (nSPS) is 15.0. The lowest BCUT2D eigenvalue weighted by molar-refractivity contribution is 0.160. The van der Waals surface area contributed by atoms with Crippen LogP contribution in [0.1, 0.15) is 24.0 Å². The van der Waals surface area contributed by atoms with Crippen molar-refractivity contribution in [3.8, 4) is 11.6 Å². The van der Waals surface area contributed by atoms with E-state index in [-0.39, 0.29) is 23.2 Å². The van der Waals surface area contributed by atoms with Crippen LogP contribution in [0.15, 0.2) is 58.2 Å². The van der Waals surface area contributed by atoms with E-state index in [1.165, 1.54) is 18.3 Å². The van der Waals surface area contributed by atoms with Crippen LogP contribution in [0.3, 0.4) is 0 Å². The Bertz CT molecular complexity index is 1300. The highest BCUT2D eigenvalue weighted by molar-refractivity contribution is 9.10. The van der Waals surface area contributed by atoms with E-state index in [4.69, 9.17) is 21.1 Å². The lowest BCUT2D eigenvalue weighted by atomic mass is 9.98. The molecule has 1 fully saturated rings. The Hall–Kier alpha value is -2.40. The Morgan fingerprint density at radius 1 is 1.14 bits per heavy atom. The number of hydrogen-bond donors (Lipinski definition) is 1. The third kappa shape index (κ3) is 7.09. The second-order valence-electron chi connectivity index (χ2n) is 8.88. The van der Waals surface area contributed by atoms with Gasteiger partial charge in [0.15, 0.2) is 0 Å². The number of benzene rings is 2. The van der Waals surface area contributed by atoms with Crippen molar-refractivity contribution in [1.82, 2.24) is 14.9 Å². The van der Waals surface area contributed by atoms with Gasteiger partial charge in [0.25, 0.3) is 15.9 Å². The standard InChI is InChI=1S/C25H28BrClN4O4S/c1-17-3-6-20(7-4-17)36(32,33)30-24-25(29-23(26)14-28-24)35-16-19-5-8-21(27)22(13-19)34-15-18-9-11-31(2)12-10-18/h3-8,13-14,18H,9-12,15-16H2,1-2H3,(H,28,30). The van der Waals surface area contributed by atoms with E-state index in [0.717, 1.165) is 37.1 Å². The van der Waals surface area contributed by atoms with Gasteiger partial charge in [0.2, 0.25) is 5.82 Å². The molecule has 192 valence electrons. The molecule has 4 rings (SSSR count). The maximum Gasteiger partial charge on any atom is 0.263 e. The monoisotopic (exact) mass is 594 g/mol. The molecule has 3 aromatic rings. The van der Waals surface area contributed by atoms with Crippen molar-refractivity contribution in [2.75, 3.05) is 31.5 Å². The second kappa shape index (κ2) is 11.8. The van der Waals surface area contributed by atoms with Crippen LogP contribution in [0, 0.1) is 12.8 Å². The summed E-state index contributed by atoms with van der Waals surface area (Å²) in [6, 6.07) is 11.9. The van der Waals surface area contributed by atoms with Crippen LogP contribution < -0.4 is 14.2 Å². The third-order valence-corrected chi connectivity index (χ3v) is 8.01. The zero-order valence-corrected chi connectivity index (χ0v) is 23.2. The van der Waals surface area contributed by atoms with Crippen molar-refractivity contribution in [3.63, 3.8) is 0 Å². The molecule has 0 aliphatic carbocycles. The maximum absolute atomic E-state index is 12.8. The van der Waals surface area contributed by atoms with Crippen molar-refractivity contribution >= 4 is 43.4 Å². The fourth-order valence-corrected chi connectivity index (χ4v) is 5.20. The highest BCUT2D eigenvalue weighted by Gasteiger charge is 2.20. The van der Waals surface area contributed by atoms with E-state index in [1.54, 1.807) is 18.2 Å². The molecule has 1 aliphatic rings. The Morgan fingerprint density at radius 3 is 2.58 bits per heavy atom. The van der Waals surface area contributed by atoms with Crippen LogP contribution in [0.2, 0.25) is 5.02 Å². The highest BCUT2D eigenvalue weighted by atomic mass is 79.9. The van der Waals surface area contributed by atoms with Gasteiger partial charge in [-0.05, 0) is 91.6 Å². The smallest absolute Gasteiger partial charge is 0.263 e. The van der Waals surface area contributed by atoms with Crippen molar-refractivity contribution in [3.05, 3.63) is 69.4 Å². The summed E-state index contributed by atoms with van der Waals surface area (Å²) in [6.45, 7) is 4.75. The summed E-state index contributed by atoms with van der Waals surface area (Å²) in [6.07, 6.45) is 3.59. The van der Waals surface area contributed by atoms with Gasteiger partial charge >= 0.3 is 0 Å².